The van der Waals surface area contributed by atoms with E-state index in [4.69, 9.17) is 4.74 Å². The molecule has 2 aliphatic heterocycles. The normalized spacial score (nSPS) is 21.7. The first-order valence-corrected chi connectivity index (χ1v) is 9.88. The Morgan fingerprint density at radius 2 is 1.96 bits per heavy atom. The number of carbonyl (C=O) groups is 3. The largest absolute Gasteiger partial charge is 0.449 e. The summed E-state index contributed by atoms with van der Waals surface area (Å²) in [7, 11) is 0. The summed E-state index contributed by atoms with van der Waals surface area (Å²) in [5, 5.41) is 0. The number of hydrogen-bond acceptors (Lipinski definition) is 5. The summed E-state index contributed by atoms with van der Waals surface area (Å²) >= 11 is 0. The Morgan fingerprint density at radius 1 is 1.18 bits per heavy atom. The van der Waals surface area contributed by atoms with Gasteiger partial charge >= 0.3 is 6.09 Å². The molecule has 3 amide bonds. The molecule has 2 atom stereocenters. The summed E-state index contributed by atoms with van der Waals surface area (Å²) < 4.78 is 4.73. The number of fused-ring (bicyclic) bond motifs is 1. The number of benzene rings is 1. The molecular formula is C20H28N4O4. The lowest BCUT2D eigenvalue weighted by atomic mass is 9.96. The van der Waals surface area contributed by atoms with E-state index < -0.39 is 12.1 Å². The van der Waals surface area contributed by atoms with Crippen molar-refractivity contribution in [3.8, 4) is 0 Å². The predicted molar refractivity (Wildman–Crippen MR) is 105 cm³/mol. The standard InChI is InChI=1S/C20H28N4O4/c1-3-28-20(27)22-21-19(26)17-9-6-12-23(17)13-18(25)24-14(2)10-11-15-7-4-5-8-16(15)24/h4-5,7-8,14,17H,3,6,9-13H2,1-2H3,(H,21,26)(H,22,27). The molecule has 1 aromatic carbocycles. The van der Waals surface area contributed by atoms with E-state index in [1.807, 2.05) is 28.0 Å². The summed E-state index contributed by atoms with van der Waals surface area (Å²) in [6.45, 7) is 4.82. The van der Waals surface area contributed by atoms with Crippen molar-refractivity contribution < 1.29 is 19.1 Å². The number of hydrogen-bond donors (Lipinski definition) is 2. The zero-order chi connectivity index (χ0) is 20.1. The number of nitrogens with zero attached hydrogens (tertiary/aromatic N) is 2. The maximum Gasteiger partial charge on any atom is 0.426 e. The third kappa shape index (κ3) is 4.44. The molecule has 8 nitrogen and oxygen atoms in total. The summed E-state index contributed by atoms with van der Waals surface area (Å²) in [5.74, 6) is -0.330. The highest BCUT2D eigenvalue weighted by atomic mass is 16.6. The van der Waals surface area contributed by atoms with E-state index in [-0.39, 0.29) is 31.0 Å². The topological polar surface area (TPSA) is 91.0 Å². The number of likely N-dealkylation sites (tertiary alicyclic amines) is 1. The van der Waals surface area contributed by atoms with Crippen LogP contribution in [-0.4, -0.2) is 54.6 Å². The van der Waals surface area contributed by atoms with Gasteiger partial charge < -0.3 is 9.64 Å². The molecular weight excluding hydrogens is 360 g/mol. The molecule has 1 fully saturated rings. The monoisotopic (exact) mass is 388 g/mol. The maximum absolute atomic E-state index is 13.1. The molecule has 1 aromatic rings. The highest BCUT2D eigenvalue weighted by molar-refractivity contribution is 5.97. The SMILES string of the molecule is CCOC(=O)NNC(=O)C1CCCN1CC(=O)N1c2ccccc2CCC1C. The average molecular weight is 388 g/mol. The van der Waals surface area contributed by atoms with Crippen molar-refractivity contribution in [2.24, 2.45) is 0 Å². The van der Waals surface area contributed by atoms with Gasteiger partial charge in [-0.3, -0.25) is 19.9 Å². The first-order chi connectivity index (χ1) is 13.5. The number of para-hydroxylation sites is 1. The Balaban J connectivity index is 1.63. The van der Waals surface area contributed by atoms with Crippen LogP contribution in [0, 0.1) is 0 Å². The molecule has 0 radical (unpaired) electrons. The zero-order valence-corrected chi connectivity index (χ0v) is 16.4. The molecule has 0 saturated carbocycles. The second kappa shape index (κ2) is 9.05. The molecule has 0 aliphatic carbocycles. The molecule has 0 bridgehead atoms. The van der Waals surface area contributed by atoms with Gasteiger partial charge in [-0.1, -0.05) is 18.2 Å². The molecule has 3 rings (SSSR count). The lowest BCUT2D eigenvalue weighted by Crippen LogP contribution is -2.53. The highest BCUT2D eigenvalue weighted by Gasteiger charge is 2.35. The van der Waals surface area contributed by atoms with Gasteiger partial charge in [0.05, 0.1) is 19.2 Å². The van der Waals surface area contributed by atoms with Crippen LogP contribution in [0.25, 0.3) is 0 Å². The number of amides is 3. The summed E-state index contributed by atoms with van der Waals surface area (Å²) in [6, 6.07) is 7.68. The fourth-order valence-corrected chi connectivity index (χ4v) is 3.99. The number of carbonyl (C=O) groups excluding carboxylic acids is 3. The summed E-state index contributed by atoms with van der Waals surface area (Å²) in [6.07, 6.45) is 2.67. The van der Waals surface area contributed by atoms with Crippen LogP contribution in [0.3, 0.4) is 0 Å². The van der Waals surface area contributed by atoms with Crippen LogP contribution in [0.2, 0.25) is 0 Å². The minimum atomic E-state index is -0.699. The van der Waals surface area contributed by atoms with Gasteiger partial charge in [-0.25, -0.2) is 10.2 Å². The molecule has 2 heterocycles. The smallest absolute Gasteiger partial charge is 0.426 e. The Morgan fingerprint density at radius 3 is 2.75 bits per heavy atom. The van der Waals surface area contributed by atoms with Crippen molar-refractivity contribution in [2.45, 2.75) is 51.6 Å². The number of hydrazine groups is 1. The maximum atomic E-state index is 13.1. The molecule has 152 valence electrons. The molecule has 28 heavy (non-hydrogen) atoms. The average Bonchev–Trinajstić information content (AvgIpc) is 3.14. The third-order valence-corrected chi connectivity index (χ3v) is 5.36. The molecule has 2 N–H and O–H groups in total. The number of ether oxygens (including phenoxy) is 1. The number of rotatable bonds is 4. The number of anilines is 1. The molecule has 2 unspecified atom stereocenters. The Hall–Kier alpha value is -2.61. The van der Waals surface area contributed by atoms with Crippen molar-refractivity contribution in [2.75, 3.05) is 24.6 Å². The van der Waals surface area contributed by atoms with E-state index in [1.165, 1.54) is 5.56 Å². The minimum absolute atomic E-state index is 0.00213. The van der Waals surface area contributed by atoms with Crippen molar-refractivity contribution in [1.29, 1.82) is 0 Å². The first-order valence-electron chi connectivity index (χ1n) is 9.88. The van der Waals surface area contributed by atoms with Crippen molar-refractivity contribution in [3.63, 3.8) is 0 Å². The second-order valence-electron chi connectivity index (χ2n) is 7.24. The number of nitrogens with one attached hydrogen (secondary N) is 2. The molecule has 0 aromatic heterocycles. The van der Waals surface area contributed by atoms with Crippen molar-refractivity contribution in [1.82, 2.24) is 15.8 Å². The van der Waals surface area contributed by atoms with Crippen LogP contribution in [0.15, 0.2) is 24.3 Å². The van der Waals surface area contributed by atoms with Crippen LogP contribution in [0.4, 0.5) is 10.5 Å². The van der Waals surface area contributed by atoms with Crippen LogP contribution in [0.1, 0.15) is 38.7 Å². The Bertz CT molecular complexity index is 739. The van der Waals surface area contributed by atoms with Gasteiger partial charge in [-0.15, -0.1) is 0 Å². The lowest BCUT2D eigenvalue weighted by Gasteiger charge is -2.36. The van der Waals surface area contributed by atoms with Gasteiger partial charge in [-0.05, 0) is 57.7 Å². The molecule has 8 heteroatoms. The van der Waals surface area contributed by atoms with Gasteiger partial charge in [0.2, 0.25) is 5.91 Å². The fraction of sp³-hybridized carbons (Fsp3) is 0.550. The van der Waals surface area contributed by atoms with Gasteiger partial charge in [0, 0.05) is 11.7 Å². The van der Waals surface area contributed by atoms with E-state index >= 15 is 0 Å². The Labute approximate surface area is 165 Å². The quantitative estimate of drug-likeness (QED) is 0.765. The van der Waals surface area contributed by atoms with Crippen molar-refractivity contribution in [3.05, 3.63) is 29.8 Å². The predicted octanol–water partition coefficient (Wildman–Crippen LogP) is 1.60. The molecule has 1 saturated heterocycles. The van der Waals surface area contributed by atoms with E-state index in [0.29, 0.717) is 13.0 Å². The molecule has 2 aliphatic rings. The van der Waals surface area contributed by atoms with E-state index in [1.54, 1.807) is 6.92 Å². The first kappa shape index (κ1) is 20.1. The van der Waals surface area contributed by atoms with Gasteiger partial charge in [0.1, 0.15) is 0 Å². The third-order valence-electron chi connectivity index (χ3n) is 5.36. The summed E-state index contributed by atoms with van der Waals surface area (Å²) in [4.78, 5) is 40.7. The minimum Gasteiger partial charge on any atom is -0.449 e. The van der Waals surface area contributed by atoms with Crippen LogP contribution in [-0.2, 0) is 20.7 Å². The van der Waals surface area contributed by atoms with Crippen molar-refractivity contribution >= 4 is 23.6 Å². The van der Waals surface area contributed by atoms with E-state index in [9.17, 15) is 14.4 Å². The highest BCUT2D eigenvalue weighted by Crippen LogP contribution is 2.31. The van der Waals surface area contributed by atoms with E-state index in [0.717, 1.165) is 24.9 Å². The van der Waals surface area contributed by atoms with Crippen LogP contribution < -0.4 is 15.8 Å². The number of aryl methyl sites for hydroxylation is 1. The van der Waals surface area contributed by atoms with Gasteiger partial charge in [-0.2, -0.15) is 0 Å². The fourth-order valence-electron chi connectivity index (χ4n) is 3.99. The molecule has 0 spiro atoms. The van der Waals surface area contributed by atoms with E-state index in [2.05, 4.69) is 23.8 Å². The second-order valence-corrected chi connectivity index (χ2v) is 7.24. The lowest BCUT2D eigenvalue weighted by molar-refractivity contribution is -0.127. The van der Waals surface area contributed by atoms with Gasteiger partial charge in [0.15, 0.2) is 0 Å². The summed E-state index contributed by atoms with van der Waals surface area (Å²) in [5.41, 5.74) is 6.77. The zero-order valence-electron chi connectivity index (χ0n) is 16.4. The van der Waals surface area contributed by atoms with Crippen LogP contribution >= 0.6 is 0 Å². The van der Waals surface area contributed by atoms with Gasteiger partial charge in [0.25, 0.3) is 5.91 Å². The Kier molecular flexibility index (Phi) is 6.51. The van der Waals surface area contributed by atoms with Crippen LogP contribution in [0.5, 0.6) is 0 Å².